The fourth-order valence-corrected chi connectivity index (χ4v) is 2.60. The zero-order valence-electron chi connectivity index (χ0n) is 15.1. The van der Waals surface area contributed by atoms with Crippen molar-refractivity contribution in [1.82, 2.24) is 0 Å². The van der Waals surface area contributed by atoms with Crippen LogP contribution in [0.4, 0.5) is 11.4 Å². The Labute approximate surface area is 157 Å². The summed E-state index contributed by atoms with van der Waals surface area (Å²) in [6.45, 7) is -0.222. The Bertz CT molecular complexity index is 908. The maximum atomic E-state index is 12.0. The van der Waals surface area contributed by atoms with Crippen LogP contribution < -0.4 is 14.4 Å². The van der Waals surface area contributed by atoms with Crippen LogP contribution in [0.15, 0.2) is 48.5 Å². The minimum Gasteiger partial charge on any atom is -0.484 e. The van der Waals surface area contributed by atoms with E-state index in [-0.39, 0.29) is 12.5 Å². The maximum absolute atomic E-state index is 12.0. The first-order valence-electron chi connectivity index (χ1n) is 7.85. The Balaban J connectivity index is 1.89. The quantitative estimate of drug-likeness (QED) is 0.722. The molecule has 2 aromatic carbocycles. The predicted molar refractivity (Wildman–Crippen MR) is 102 cm³/mol. The van der Waals surface area contributed by atoms with E-state index in [0.717, 1.165) is 10.6 Å². The minimum absolute atomic E-state index is 0.222. The molecule has 0 aliphatic carbocycles. The molecule has 0 unspecified atom stereocenters. The molecule has 2 aromatic rings. The van der Waals surface area contributed by atoms with E-state index >= 15 is 0 Å². The van der Waals surface area contributed by atoms with Gasteiger partial charge in [-0.2, -0.15) is 0 Å². The van der Waals surface area contributed by atoms with E-state index in [1.165, 1.54) is 14.2 Å². The smallest absolute Gasteiger partial charge is 0.337 e. The van der Waals surface area contributed by atoms with Gasteiger partial charge in [0.2, 0.25) is 10.0 Å². The van der Waals surface area contributed by atoms with Gasteiger partial charge in [-0.25, -0.2) is 13.2 Å². The number of hydrogen-bond acceptors (Lipinski definition) is 6. The Kier molecular flexibility index (Phi) is 6.40. The molecule has 8 nitrogen and oxygen atoms in total. The number of rotatable bonds is 7. The first-order chi connectivity index (χ1) is 12.7. The van der Waals surface area contributed by atoms with Crippen LogP contribution in [-0.4, -0.2) is 47.3 Å². The molecule has 1 amide bonds. The van der Waals surface area contributed by atoms with Gasteiger partial charge in [0, 0.05) is 12.7 Å². The number of sulfonamides is 1. The third kappa shape index (κ3) is 5.71. The van der Waals surface area contributed by atoms with Crippen LogP contribution in [-0.2, 0) is 19.6 Å². The predicted octanol–water partition coefficient (Wildman–Crippen LogP) is 1.89. The molecule has 144 valence electrons. The largest absolute Gasteiger partial charge is 0.484 e. The summed E-state index contributed by atoms with van der Waals surface area (Å²) >= 11 is 0. The standard InChI is InChI=1S/C18H20N2O6S/c1-20(27(3,23)24)15-8-10-16(11-9-15)26-12-17(21)19-14-6-4-13(5-7-14)18(22)25-2/h4-11H,12H2,1-3H3,(H,19,21). The zero-order valence-corrected chi connectivity index (χ0v) is 15.9. The van der Waals surface area contributed by atoms with Gasteiger partial charge in [0.15, 0.2) is 6.61 Å². The van der Waals surface area contributed by atoms with Gasteiger partial charge < -0.3 is 14.8 Å². The van der Waals surface area contributed by atoms with Crippen molar-refractivity contribution < 1.29 is 27.5 Å². The number of nitrogens with one attached hydrogen (secondary N) is 1. The monoisotopic (exact) mass is 392 g/mol. The topological polar surface area (TPSA) is 102 Å². The van der Waals surface area contributed by atoms with Crippen LogP contribution in [0.2, 0.25) is 0 Å². The number of ether oxygens (including phenoxy) is 2. The fraction of sp³-hybridized carbons (Fsp3) is 0.222. The molecular weight excluding hydrogens is 372 g/mol. The van der Waals surface area contributed by atoms with Crippen molar-refractivity contribution in [3.63, 3.8) is 0 Å². The van der Waals surface area contributed by atoms with Gasteiger partial charge >= 0.3 is 5.97 Å². The van der Waals surface area contributed by atoms with Crippen molar-refractivity contribution in [2.45, 2.75) is 0 Å². The van der Waals surface area contributed by atoms with Gasteiger partial charge in [0.25, 0.3) is 5.91 Å². The van der Waals surface area contributed by atoms with Crippen LogP contribution in [0.1, 0.15) is 10.4 Å². The second-order valence-corrected chi connectivity index (χ2v) is 7.64. The van der Waals surface area contributed by atoms with E-state index in [4.69, 9.17) is 4.74 Å². The van der Waals surface area contributed by atoms with Crippen molar-refractivity contribution in [3.05, 3.63) is 54.1 Å². The van der Waals surface area contributed by atoms with Crippen molar-refractivity contribution in [3.8, 4) is 5.75 Å². The molecular formula is C18H20N2O6S. The lowest BCUT2D eigenvalue weighted by atomic mass is 10.2. The molecule has 0 aromatic heterocycles. The summed E-state index contributed by atoms with van der Waals surface area (Å²) in [6, 6.07) is 12.6. The first kappa shape index (κ1) is 20.2. The number of benzene rings is 2. The van der Waals surface area contributed by atoms with Gasteiger partial charge in [-0.3, -0.25) is 9.10 Å². The lowest BCUT2D eigenvalue weighted by molar-refractivity contribution is -0.118. The molecule has 9 heteroatoms. The van der Waals surface area contributed by atoms with Gasteiger partial charge in [-0.15, -0.1) is 0 Å². The number of methoxy groups -OCH3 is 1. The highest BCUT2D eigenvalue weighted by molar-refractivity contribution is 7.92. The molecule has 0 radical (unpaired) electrons. The van der Waals surface area contributed by atoms with Crippen LogP contribution in [0, 0.1) is 0 Å². The Morgan fingerprint density at radius 3 is 2.15 bits per heavy atom. The van der Waals surface area contributed by atoms with Crippen LogP contribution in [0.25, 0.3) is 0 Å². The summed E-state index contributed by atoms with van der Waals surface area (Å²) in [5, 5.41) is 2.64. The van der Waals surface area contributed by atoms with Crippen molar-refractivity contribution in [2.24, 2.45) is 0 Å². The number of esters is 1. The number of amides is 1. The molecule has 0 atom stereocenters. The molecule has 0 saturated heterocycles. The Hall–Kier alpha value is -3.07. The summed E-state index contributed by atoms with van der Waals surface area (Å²) in [7, 11) is -0.599. The Morgan fingerprint density at radius 2 is 1.63 bits per heavy atom. The van der Waals surface area contributed by atoms with E-state index in [1.807, 2.05) is 0 Å². The highest BCUT2D eigenvalue weighted by Gasteiger charge is 2.12. The number of anilines is 2. The lowest BCUT2D eigenvalue weighted by Crippen LogP contribution is -2.24. The second-order valence-electron chi connectivity index (χ2n) is 5.63. The average Bonchev–Trinajstić information content (AvgIpc) is 2.65. The van der Waals surface area contributed by atoms with Crippen molar-refractivity contribution in [1.29, 1.82) is 0 Å². The SMILES string of the molecule is COC(=O)c1ccc(NC(=O)COc2ccc(N(C)S(C)(=O)=O)cc2)cc1. The van der Waals surface area contributed by atoms with Crippen LogP contribution in [0.5, 0.6) is 5.75 Å². The fourth-order valence-electron chi connectivity index (χ4n) is 2.10. The molecule has 0 fully saturated rings. The number of carbonyl (C=O) groups excluding carboxylic acids is 2. The maximum Gasteiger partial charge on any atom is 0.337 e. The van der Waals surface area contributed by atoms with Crippen LogP contribution in [0.3, 0.4) is 0 Å². The van der Waals surface area contributed by atoms with Gasteiger partial charge in [0.05, 0.1) is 24.6 Å². The third-order valence-corrected chi connectivity index (χ3v) is 4.86. The highest BCUT2D eigenvalue weighted by atomic mass is 32.2. The zero-order chi connectivity index (χ0) is 20.0. The molecule has 0 aliphatic heterocycles. The second kappa shape index (κ2) is 8.54. The number of carbonyl (C=O) groups is 2. The molecule has 27 heavy (non-hydrogen) atoms. The summed E-state index contributed by atoms with van der Waals surface area (Å²) in [5.74, 6) is -0.406. The number of hydrogen-bond donors (Lipinski definition) is 1. The summed E-state index contributed by atoms with van der Waals surface area (Å²) < 4.78 is 34.1. The molecule has 0 aliphatic rings. The van der Waals surface area contributed by atoms with Gasteiger partial charge in [-0.05, 0) is 48.5 Å². The van der Waals surface area contributed by atoms with E-state index < -0.39 is 16.0 Å². The molecule has 0 heterocycles. The normalized spacial score (nSPS) is 10.8. The molecule has 2 rings (SSSR count). The highest BCUT2D eigenvalue weighted by Crippen LogP contribution is 2.20. The van der Waals surface area contributed by atoms with Crippen LogP contribution >= 0.6 is 0 Å². The molecule has 0 saturated carbocycles. The number of nitrogens with zero attached hydrogens (tertiary/aromatic N) is 1. The summed E-state index contributed by atoms with van der Waals surface area (Å²) in [6.07, 6.45) is 1.11. The minimum atomic E-state index is -3.34. The van der Waals surface area contributed by atoms with Crippen molar-refractivity contribution >= 4 is 33.3 Å². The lowest BCUT2D eigenvalue weighted by Gasteiger charge is -2.16. The van der Waals surface area contributed by atoms with Crippen molar-refractivity contribution in [2.75, 3.05) is 36.6 Å². The molecule has 0 spiro atoms. The van der Waals surface area contributed by atoms with E-state index in [2.05, 4.69) is 10.1 Å². The average molecular weight is 392 g/mol. The molecule has 1 N–H and O–H groups in total. The van der Waals surface area contributed by atoms with E-state index in [9.17, 15) is 18.0 Å². The van der Waals surface area contributed by atoms with E-state index in [0.29, 0.717) is 22.7 Å². The van der Waals surface area contributed by atoms with Gasteiger partial charge in [-0.1, -0.05) is 0 Å². The van der Waals surface area contributed by atoms with Gasteiger partial charge in [0.1, 0.15) is 5.75 Å². The Morgan fingerprint density at radius 1 is 1.04 bits per heavy atom. The van der Waals surface area contributed by atoms with E-state index in [1.54, 1.807) is 48.5 Å². The third-order valence-electron chi connectivity index (χ3n) is 3.66. The molecule has 0 bridgehead atoms. The summed E-state index contributed by atoms with van der Waals surface area (Å²) in [4.78, 5) is 23.3. The summed E-state index contributed by atoms with van der Waals surface area (Å²) in [5.41, 5.74) is 1.38. The first-order valence-corrected chi connectivity index (χ1v) is 9.70.